The Morgan fingerprint density at radius 1 is 1.42 bits per heavy atom. The largest absolute Gasteiger partial charge is 0.352 e. The quantitative estimate of drug-likeness (QED) is 0.657. The number of pyridine rings is 1. The van der Waals surface area contributed by atoms with Crippen LogP contribution in [-0.2, 0) is 0 Å². The molecule has 1 aromatic rings. The van der Waals surface area contributed by atoms with Crippen molar-refractivity contribution < 1.29 is 0 Å². The van der Waals surface area contributed by atoms with Crippen molar-refractivity contribution in [3.05, 3.63) is 28.5 Å². The maximum atomic E-state index is 4.95. The first-order chi connectivity index (χ1) is 5.86. The van der Waals surface area contributed by atoms with Gasteiger partial charge in [0.05, 0.1) is 0 Å². The van der Waals surface area contributed by atoms with Gasteiger partial charge in [-0.2, -0.15) is 0 Å². The highest BCUT2D eigenvalue weighted by Crippen LogP contribution is 2.11. The summed E-state index contributed by atoms with van der Waals surface area (Å²) in [5.74, 6) is 0. The zero-order valence-corrected chi connectivity index (χ0v) is 7.53. The van der Waals surface area contributed by atoms with Crippen LogP contribution in [0.1, 0.15) is 18.4 Å². The smallest absolute Gasteiger partial charge is 0.103 e. The van der Waals surface area contributed by atoms with Gasteiger partial charge in [-0.05, 0) is 25.0 Å². The van der Waals surface area contributed by atoms with Crippen molar-refractivity contribution in [1.82, 2.24) is 4.98 Å². The van der Waals surface area contributed by atoms with E-state index in [0.29, 0.717) is 0 Å². The standard InChI is InChI=1S/C9H10N2S/c12-9-4-3-7(6-11-9)8-2-1-5-10-8/h3-4,6H,1-2,5H2,(H,11,12). The zero-order chi connectivity index (χ0) is 8.39. The molecule has 0 amide bonds. The molecule has 2 nitrogen and oxygen atoms in total. The summed E-state index contributed by atoms with van der Waals surface area (Å²) in [5.41, 5.74) is 2.39. The molecule has 3 heteroatoms. The van der Waals surface area contributed by atoms with Gasteiger partial charge in [0.25, 0.3) is 0 Å². The van der Waals surface area contributed by atoms with E-state index in [2.05, 4.69) is 9.98 Å². The predicted octanol–water partition coefficient (Wildman–Crippen LogP) is 2.33. The molecule has 0 radical (unpaired) electrons. The number of hydrogen-bond donors (Lipinski definition) is 1. The highest BCUT2D eigenvalue weighted by molar-refractivity contribution is 7.71. The summed E-state index contributed by atoms with van der Waals surface area (Å²) in [5, 5.41) is 0. The van der Waals surface area contributed by atoms with Crippen LogP contribution >= 0.6 is 12.2 Å². The Balaban J connectivity index is 2.34. The van der Waals surface area contributed by atoms with Gasteiger partial charge in [-0.1, -0.05) is 12.2 Å². The topological polar surface area (TPSA) is 28.1 Å². The van der Waals surface area contributed by atoms with Crippen molar-refractivity contribution in [2.75, 3.05) is 6.54 Å². The van der Waals surface area contributed by atoms with Crippen LogP contribution in [0.3, 0.4) is 0 Å². The molecule has 0 aromatic carbocycles. The van der Waals surface area contributed by atoms with Gasteiger partial charge in [0.2, 0.25) is 0 Å². The molecule has 0 aliphatic carbocycles. The second-order valence-electron chi connectivity index (χ2n) is 2.87. The Kier molecular flexibility index (Phi) is 2.04. The van der Waals surface area contributed by atoms with Gasteiger partial charge in [0.15, 0.2) is 0 Å². The molecular weight excluding hydrogens is 168 g/mol. The Hall–Kier alpha value is -0.960. The SMILES string of the molecule is S=c1ccc(C2=NCCC2)c[nH]1. The number of nitrogens with zero attached hydrogens (tertiary/aromatic N) is 1. The van der Waals surface area contributed by atoms with E-state index in [1.165, 1.54) is 17.7 Å². The molecule has 62 valence electrons. The van der Waals surface area contributed by atoms with Crippen molar-refractivity contribution >= 4 is 17.9 Å². The summed E-state index contributed by atoms with van der Waals surface area (Å²) in [4.78, 5) is 7.41. The third kappa shape index (κ3) is 1.46. The van der Waals surface area contributed by atoms with Crippen molar-refractivity contribution in [2.45, 2.75) is 12.8 Å². The third-order valence-electron chi connectivity index (χ3n) is 1.99. The van der Waals surface area contributed by atoms with Gasteiger partial charge in [-0.25, -0.2) is 0 Å². The molecule has 0 spiro atoms. The van der Waals surface area contributed by atoms with E-state index in [0.717, 1.165) is 17.6 Å². The van der Waals surface area contributed by atoms with Crippen LogP contribution in [0, 0.1) is 4.64 Å². The lowest BCUT2D eigenvalue weighted by Crippen LogP contribution is -1.95. The van der Waals surface area contributed by atoms with Gasteiger partial charge in [0.1, 0.15) is 4.64 Å². The average Bonchev–Trinajstić information content (AvgIpc) is 2.58. The van der Waals surface area contributed by atoms with Crippen LogP contribution in [0.25, 0.3) is 0 Å². The Labute approximate surface area is 76.4 Å². The highest BCUT2D eigenvalue weighted by Gasteiger charge is 2.07. The molecule has 0 bridgehead atoms. The Bertz CT molecular complexity index is 345. The molecule has 1 N–H and O–H groups in total. The minimum Gasteiger partial charge on any atom is -0.352 e. The lowest BCUT2D eigenvalue weighted by Gasteiger charge is -1.97. The molecule has 1 aliphatic heterocycles. The number of aromatic amines is 1. The van der Waals surface area contributed by atoms with E-state index < -0.39 is 0 Å². The summed E-state index contributed by atoms with van der Waals surface area (Å²) in [7, 11) is 0. The minimum absolute atomic E-state index is 0.775. The molecule has 1 aromatic heterocycles. The summed E-state index contributed by atoms with van der Waals surface area (Å²) < 4.78 is 0.775. The fourth-order valence-corrected chi connectivity index (χ4v) is 1.49. The van der Waals surface area contributed by atoms with E-state index in [9.17, 15) is 0 Å². The molecule has 0 saturated heterocycles. The van der Waals surface area contributed by atoms with Crippen LogP contribution in [0.4, 0.5) is 0 Å². The minimum atomic E-state index is 0.775. The summed E-state index contributed by atoms with van der Waals surface area (Å²) in [6, 6.07) is 3.94. The van der Waals surface area contributed by atoms with Crippen molar-refractivity contribution in [2.24, 2.45) is 4.99 Å². The van der Waals surface area contributed by atoms with E-state index in [4.69, 9.17) is 12.2 Å². The van der Waals surface area contributed by atoms with E-state index >= 15 is 0 Å². The third-order valence-corrected chi connectivity index (χ3v) is 2.25. The van der Waals surface area contributed by atoms with Crippen molar-refractivity contribution in [3.8, 4) is 0 Å². The fraction of sp³-hybridized carbons (Fsp3) is 0.333. The molecule has 0 unspecified atom stereocenters. The molecule has 12 heavy (non-hydrogen) atoms. The van der Waals surface area contributed by atoms with E-state index in [1.807, 2.05) is 18.3 Å². The molecular formula is C9H10N2S. The monoisotopic (exact) mass is 178 g/mol. The second kappa shape index (κ2) is 3.19. The van der Waals surface area contributed by atoms with Crippen molar-refractivity contribution in [3.63, 3.8) is 0 Å². The number of aliphatic imine (C=N–C) groups is 1. The zero-order valence-electron chi connectivity index (χ0n) is 6.71. The first kappa shape index (κ1) is 7.68. The molecule has 2 heterocycles. The molecule has 2 rings (SSSR count). The van der Waals surface area contributed by atoms with Gasteiger partial charge in [0, 0.05) is 24.0 Å². The first-order valence-corrected chi connectivity index (χ1v) is 4.49. The molecule has 0 fully saturated rings. The summed E-state index contributed by atoms with van der Waals surface area (Å²) in [6.45, 7) is 0.977. The Morgan fingerprint density at radius 3 is 2.92 bits per heavy atom. The van der Waals surface area contributed by atoms with Crippen LogP contribution in [0.15, 0.2) is 23.3 Å². The number of hydrogen-bond acceptors (Lipinski definition) is 2. The lowest BCUT2D eigenvalue weighted by atomic mass is 10.1. The van der Waals surface area contributed by atoms with E-state index in [-0.39, 0.29) is 0 Å². The maximum Gasteiger partial charge on any atom is 0.103 e. The fourth-order valence-electron chi connectivity index (χ4n) is 1.37. The van der Waals surface area contributed by atoms with Gasteiger partial charge in [-0.15, -0.1) is 0 Å². The second-order valence-corrected chi connectivity index (χ2v) is 3.31. The van der Waals surface area contributed by atoms with Crippen LogP contribution in [0.5, 0.6) is 0 Å². The predicted molar refractivity (Wildman–Crippen MR) is 52.3 cm³/mol. The van der Waals surface area contributed by atoms with Gasteiger partial charge in [-0.3, -0.25) is 4.99 Å². The first-order valence-electron chi connectivity index (χ1n) is 4.09. The summed E-state index contributed by atoms with van der Waals surface area (Å²) >= 11 is 4.95. The molecule has 0 atom stereocenters. The molecule has 0 saturated carbocycles. The number of aromatic nitrogens is 1. The van der Waals surface area contributed by atoms with Crippen LogP contribution in [0.2, 0.25) is 0 Å². The number of rotatable bonds is 1. The van der Waals surface area contributed by atoms with Crippen LogP contribution in [-0.4, -0.2) is 17.2 Å². The van der Waals surface area contributed by atoms with Gasteiger partial charge < -0.3 is 4.98 Å². The molecule has 1 aliphatic rings. The van der Waals surface area contributed by atoms with E-state index in [1.54, 1.807) is 0 Å². The maximum absolute atomic E-state index is 4.95. The highest BCUT2D eigenvalue weighted by atomic mass is 32.1. The van der Waals surface area contributed by atoms with Crippen LogP contribution < -0.4 is 0 Å². The normalized spacial score (nSPS) is 16.2. The number of H-pyrrole nitrogens is 1. The Morgan fingerprint density at radius 2 is 2.33 bits per heavy atom. The summed E-state index contributed by atoms with van der Waals surface area (Å²) in [6.07, 6.45) is 4.22. The van der Waals surface area contributed by atoms with Gasteiger partial charge >= 0.3 is 0 Å². The van der Waals surface area contributed by atoms with Crippen molar-refractivity contribution in [1.29, 1.82) is 0 Å². The number of nitrogens with one attached hydrogen (secondary N) is 1. The average molecular weight is 178 g/mol. The lowest BCUT2D eigenvalue weighted by molar-refractivity contribution is 0.951.